The maximum Gasteiger partial charge on any atom is 0.271 e. The fourth-order valence-electron chi connectivity index (χ4n) is 2.55. The van der Waals surface area contributed by atoms with Crippen LogP contribution in [0.15, 0.2) is 77.9 Å². The van der Waals surface area contributed by atoms with E-state index in [0.717, 1.165) is 22.4 Å². The lowest BCUT2D eigenvalue weighted by molar-refractivity contribution is 0.0954. The van der Waals surface area contributed by atoms with Crippen molar-refractivity contribution in [3.05, 3.63) is 101 Å². The van der Waals surface area contributed by atoms with Gasteiger partial charge in [0, 0.05) is 5.56 Å². The van der Waals surface area contributed by atoms with Crippen LogP contribution >= 0.6 is 0 Å². The third-order valence-corrected chi connectivity index (χ3v) is 4.18. The molecule has 1 N–H and O–H groups in total. The zero-order valence-electron chi connectivity index (χ0n) is 15.5. The summed E-state index contributed by atoms with van der Waals surface area (Å²) < 4.78 is 5.79. The quantitative estimate of drug-likeness (QED) is 0.515. The van der Waals surface area contributed by atoms with Crippen molar-refractivity contribution < 1.29 is 9.53 Å². The van der Waals surface area contributed by atoms with Gasteiger partial charge >= 0.3 is 0 Å². The zero-order valence-corrected chi connectivity index (χ0v) is 15.5. The standard InChI is InChI=1S/C23H22N2O2/c1-17-7-9-20(10-8-17)16-27-21-13-11-19(12-14-21)15-24-25-23(26)22-6-4-3-5-18(22)2/h3-15H,16H2,1-2H3,(H,25,26). The molecule has 3 aromatic carbocycles. The van der Waals surface area contributed by atoms with Gasteiger partial charge < -0.3 is 4.74 Å². The van der Waals surface area contributed by atoms with E-state index in [4.69, 9.17) is 4.74 Å². The summed E-state index contributed by atoms with van der Waals surface area (Å²) in [5.41, 5.74) is 7.33. The minimum Gasteiger partial charge on any atom is -0.489 e. The molecule has 1 amide bonds. The lowest BCUT2D eigenvalue weighted by atomic mass is 10.1. The Kier molecular flexibility index (Phi) is 6.00. The molecule has 27 heavy (non-hydrogen) atoms. The minimum atomic E-state index is -0.220. The molecule has 0 aliphatic carbocycles. The first-order chi connectivity index (χ1) is 13.1. The van der Waals surface area contributed by atoms with Gasteiger partial charge in [-0.25, -0.2) is 5.43 Å². The van der Waals surface area contributed by atoms with Crippen LogP contribution < -0.4 is 10.2 Å². The van der Waals surface area contributed by atoms with Gasteiger partial charge in [0.1, 0.15) is 12.4 Å². The molecule has 0 radical (unpaired) electrons. The van der Waals surface area contributed by atoms with Crippen molar-refractivity contribution in [2.45, 2.75) is 20.5 Å². The molecule has 3 rings (SSSR count). The van der Waals surface area contributed by atoms with Crippen LogP contribution in [0.2, 0.25) is 0 Å². The molecule has 0 unspecified atom stereocenters. The van der Waals surface area contributed by atoms with Gasteiger partial charge in [0.15, 0.2) is 0 Å². The molecule has 0 heterocycles. The number of carbonyl (C=O) groups is 1. The third kappa shape index (κ3) is 5.28. The van der Waals surface area contributed by atoms with Crippen molar-refractivity contribution in [2.75, 3.05) is 0 Å². The van der Waals surface area contributed by atoms with Gasteiger partial charge in [-0.05, 0) is 60.9 Å². The van der Waals surface area contributed by atoms with Crippen molar-refractivity contribution in [2.24, 2.45) is 5.10 Å². The highest BCUT2D eigenvalue weighted by Crippen LogP contribution is 2.14. The summed E-state index contributed by atoms with van der Waals surface area (Å²) in [6.45, 7) is 4.49. The summed E-state index contributed by atoms with van der Waals surface area (Å²) in [6, 6.07) is 23.3. The van der Waals surface area contributed by atoms with Crippen LogP contribution in [0.3, 0.4) is 0 Å². The van der Waals surface area contributed by atoms with E-state index in [1.165, 1.54) is 5.56 Å². The van der Waals surface area contributed by atoms with Crippen LogP contribution in [0.25, 0.3) is 0 Å². The first-order valence-electron chi connectivity index (χ1n) is 8.79. The van der Waals surface area contributed by atoms with Crippen LogP contribution in [0.5, 0.6) is 5.75 Å². The normalized spacial score (nSPS) is 10.7. The maximum atomic E-state index is 12.1. The van der Waals surface area contributed by atoms with E-state index in [1.54, 1.807) is 12.3 Å². The summed E-state index contributed by atoms with van der Waals surface area (Å²) in [5.74, 6) is 0.569. The van der Waals surface area contributed by atoms with Crippen LogP contribution in [0, 0.1) is 13.8 Å². The smallest absolute Gasteiger partial charge is 0.271 e. The van der Waals surface area contributed by atoms with E-state index in [0.29, 0.717) is 12.2 Å². The predicted octanol–water partition coefficient (Wildman–Crippen LogP) is 4.65. The Labute approximate surface area is 159 Å². The van der Waals surface area contributed by atoms with E-state index in [1.807, 2.05) is 49.4 Å². The largest absolute Gasteiger partial charge is 0.489 e. The highest BCUT2D eigenvalue weighted by molar-refractivity contribution is 5.96. The topological polar surface area (TPSA) is 50.7 Å². The number of ether oxygens (including phenoxy) is 1. The van der Waals surface area contributed by atoms with Gasteiger partial charge in [-0.1, -0.05) is 48.0 Å². The van der Waals surface area contributed by atoms with E-state index in [2.05, 4.69) is 41.7 Å². The van der Waals surface area contributed by atoms with Gasteiger partial charge in [-0.2, -0.15) is 5.10 Å². The molecule has 0 saturated carbocycles. The molecule has 0 saturated heterocycles. The Morgan fingerprint density at radius 1 is 0.963 bits per heavy atom. The molecule has 3 aromatic rings. The van der Waals surface area contributed by atoms with Crippen molar-refractivity contribution in [1.82, 2.24) is 5.43 Å². The summed E-state index contributed by atoms with van der Waals surface area (Å²) in [7, 11) is 0. The molecule has 0 bridgehead atoms. The average molecular weight is 358 g/mol. The Morgan fingerprint density at radius 3 is 2.37 bits per heavy atom. The van der Waals surface area contributed by atoms with Gasteiger partial charge in [0.05, 0.1) is 6.21 Å². The van der Waals surface area contributed by atoms with Gasteiger partial charge in [0.2, 0.25) is 0 Å². The number of carbonyl (C=O) groups excluding carboxylic acids is 1. The van der Waals surface area contributed by atoms with Crippen LogP contribution in [-0.2, 0) is 6.61 Å². The van der Waals surface area contributed by atoms with Crippen molar-refractivity contribution in [3.63, 3.8) is 0 Å². The molecular weight excluding hydrogens is 336 g/mol. The first kappa shape index (κ1) is 18.4. The zero-order chi connectivity index (χ0) is 19.1. The molecule has 0 aliphatic rings. The molecule has 4 heteroatoms. The Morgan fingerprint density at radius 2 is 1.67 bits per heavy atom. The predicted molar refractivity (Wildman–Crippen MR) is 108 cm³/mol. The second-order valence-corrected chi connectivity index (χ2v) is 6.36. The lowest BCUT2D eigenvalue weighted by Crippen LogP contribution is -2.18. The minimum absolute atomic E-state index is 0.220. The molecule has 0 atom stereocenters. The summed E-state index contributed by atoms with van der Waals surface area (Å²) >= 11 is 0. The molecule has 4 nitrogen and oxygen atoms in total. The number of nitrogens with zero attached hydrogens (tertiary/aromatic N) is 1. The number of rotatable bonds is 6. The molecular formula is C23H22N2O2. The number of hydrazone groups is 1. The van der Waals surface area contributed by atoms with Crippen LogP contribution in [0.1, 0.15) is 32.6 Å². The van der Waals surface area contributed by atoms with Gasteiger partial charge in [-0.3, -0.25) is 4.79 Å². The molecule has 136 valence electrons. The monoisotopic (exact) mass is 358 g/mol. The van der Waals surface area contributed by atoms with E-state index >= 15 is 0 Å². The highest BCUT2D eigenvalue weighted by atomic mass is 16.5. The number of amides is 1. The van der Waals surface area contributed by atoms with E-state index in [-0.39, 0.29) is 5.91 Å². The van der Waals surface area contributed by atoms with Crippen molar-refractivity contribution in [1.29, 1.82) is 0 Å². The van der Waals surface area contributed by atoms with Crippen molar-refractivity contribution >= 4 is 12.1 Å². The number of hydrogen-bond acceptors (Lipinski definition) is 3. The number of hydrogen-bond donors (Lipinski definition) is 1. The van der Waals surface area contributed by atoms with Crippen molar-refractivity contribution in [3.8, 4) is 5.75 Å². The van der Waals surface area contributed by atoms with E-state index in [9.17, 15) is 4.79 Å². The summed E-state index contributed by atoms with van der Waals surface area (Å²) in [6.07, 6.45) is 1.61. The fraction of sp³-hybridized carbons (Fsp3) is 0.130. The molecule has 0 aromatic heterocycles. The first-order valence-corrected chi connectivity index (χ1v) is 8.79. The Bertz CT molecular complexity index is 929. The number of nitrogens with one attached hydrogen (secondary N) is 1. The van der Waals surface area contributed by atoms with Gasteiger partial charge in [-0.15, -0.1) is 0 Å². The summed E-state index contributed by atoms with van der Waals surface area (Å²) in [5, 5.41) is 4.03. The second kappa shape index (κ2) is 8.81. The SMILES string of the molecule is Cc1ccc(COc2ccc(C=NNC(=O)c3ccccc3C)cc2)cc1. The Hall–Kier alpha value is -3.40. The molecule has 0 aliphatic heterocycles. The van der Waals surface area contributed by atoms with Crippen LogP contribution in [0.4, 0.5) is 0 Å². The number of aryl methyl sites for hydroxylation is 2. The Balaban J connectivity index is 1.52. The lowest BCUT2D eigenvalue weighted by Gasteiger charge is -2.07. The molecule has 0 fully saturated rings. The van der Waals surface area contributed by atoms with E-state index < -0.39 is 0 Å². The van der Waals surface area contributed by atoms with Gasteiger partial charge in [0.25, 0.3) is 5.91 Å². The molecule has 0 spiro atoms. The van der Waals surface area contributed by atoms with Crippen LogP contribution in [-0.4, -0.2) is 12.1 Å². The fourth-order valence-corrected chi connectivity index (χ4v) is 2.55. The second-order valence-electron chi connectivity index (χ2n) is 6.36. The number of benzene rings is 3. The third-order valence-electron chi connectivity index (χ3n) is 4.18. The maximum absolute atomic E-state index is 12.1. The highest BCUT2D eigenvalue weighted by Gasteiger charge is 2.06. The average Bonchev–Trinajstić information content (AvgIpc) is 2.69. The summed E-state index contributed by atoms with van der Waals surface area (Å²) in [4.78, 5) is 12.1.